The molecule has 1 aromatic heterocycles. The van der Waals surface area contributed by atoms with E-state index in [2.05, 4.69) is 5.32 Å². The molecule has 1 aliphatic rings. The van der Waals surface area contributed by atoms with Gasteiger partial charge >= 0.3 is 11.6 Å². The van der Waals surface area contributed by atoms with Crippen molar-refractivity contribution in [1.82, 2.24) is 0 Å². The van der Waals surface area contributed by atoms with Crippen LogP contribution in [-0.4, -0.2) is 24.7 Å². The zero-order valence-corrected chi connectivity index (χ0v) is 16.3. The molecule has 0 bridgehead atoms. The van der Waals surface area contributed by atoms with E-state index in [1.165, 1.54) is 13.2 Å². The van der Waals surface area contributed by atoms with Gasteiger partial charge in [0.1, 0.15) is 17.9 Å². The Morgan fingerprint density at radius 3 is 2.86 bits per heavy atom. The summed E-state index contributed by atoms with van der Waals surface area (Å²) in [7, 11) is 1.52. The molecule has 0 saturated carbocycles. The van der Waals surface area contributed by atoms with Crippen molar-refractivity contribution in [1.29, 1.82) is 0 Å². The summed E-state index contributed by atoms with van der Waals surface area (Å²) in [6.07, 6.45) is 0.424. The van der Waals surface area contributed by atoms with Crippen LogP contribution in [0.2, 0.25) is 0 Å². The molecule has 4 rings (SSSR count). The van der Waals surface area contributed by atoms with E-state index in [0.717, 1.165) is 4.90 Å². The lowest BCUT2D eigenvalue weighted by molar-refractivity contribution is -0.115. The van der Waals surface area contributed by atoms with Gasteiger partial charge in [0.25, 0.3) is 0 Å². The second kappa shape index (κ2) is 8.00. The van der Waals surface area contributed by atoms with Gasteiger partial charge in [-0.3, -0.25) is 4.79 Å². The minimum absolute atomic E-state index is 0.0836. The molecule has 8 heteroatoms. The van der Waals surface area contributed by atoms with Gasteiger partial charge in [-0.1, -0.05) is 0 Å². The van der Waals surface area contributed by atoms with Crippen LogP contribution in [0.25, 0.3) is 11.0 Å². The molecule has 1 N–H and O–H groups in total. The van der Waals surface area contributed by atoms with Crippen molar-refractivity contribution in [2.24, 2.45) is 0 Å². The number of hydrogen-bond acceptors (Lipinski definition) is 7. The van der Waals surface area contributed by atoms with Crippen molar-refractivity contribution in [2.75, 3.05) is 18.2 Å². The average molecular weight is 411 g/mol. The third-order valence-electron chi connectivity index (χ3n) is 4.47. The van der Waals surface area contributed by atoms with Crippen LogP contribution in [0.4, 0.5) is 5.69 Å². The van der Waals surface area contributed by atoms with E-state index in [1.807, 2.05) is 0 Å². The third-order valence-corrected chi connectivity index (χ3v) is 5.55. The van der Waals surface area contributed by atoms with Crippen LogP contribution in [-0.2, 0) is 16.1 Å². The summed E-state index contributed by atoms with van der Waals surface area (Å²) < 4.78 is 15.8. The average Bonchev–Trinajstić information content (AvgIpc) is 2.90. The van der Waals surface area contributed by atoms with Gasteiger partial charge < -0.3 is 19.2 Å². The quantitative estimate of drug-likeness (QED) is 0.518. The van der Waals surface area contributed by atoms with E-state index in [1.54, 1.807) is 48.2 Å². The van der Waals surface area contributed by atoms with E-state index < -0.39 is 11.6 Å². The molecule has 148 valence electrons. The lowest BCUT2D eigenvalue weighted by Gasteiger charge is -2.10. The molecule has 0 unspecified atom stereocenters. The molecule has 0 saturated heterocycles. The Morgan fingerprint density at radius 2 is 2.03 bits per heavy atom. The van der Waals surface area contributed by atoms with Crippen molar-refractivity contribution in [2.45, 2.75) is 17.9 Å². The van der Waals surface area contributed by atoms with Gasteiger partial charge in [-0.25, -0.2) is 9.59 Å². The first kappa shape index (κ1) is 19.1. The van der Waals surface area contributed by atoms with Crippen LogP contribution in [0.1, 0.15) is 22.3 Å². The molecule has 2 aromatic carbocycles. The van der Waals surface area contributed by atoms with Crippen LogP contribution in [0, 0.1) is 0 Å². The number of amides is 1. The molecule has 0 fully saturated rings. The molecule has 29 heavy (non-hydrogen) atoms. The number of hydrogen-bond donors (Lipinski definition) is 1. The van der Waals surface area contributed by atoms with E-state index in [0.29, 0.717) is 45.7 Å². The summed E-state index contributed by atoms with van der Waals surface area (Å²) in [4.78, 5) is 37.0. The largest absolute Gasteiger partial charge is 0.497 e. The first-order chi connectivity index (χ1) is 14.0. The minimum atomic E-state index is -0.550. The zero-order chi connectivity index (χ0) is 20.4. The fourth-order valence-corrected chi connectivity index (χ4v) is 3.97. The van der Waals surface area contributed by atoms with Crippen LogP contribution < -0.4 is 15.7 Å². The lowest BCUT2D eigenvalue weighted by atomic mass is 10.1. The minimum Gasteiger partial charge on any atom is -0.497 e. The molecule has 1 aliphatic heterocycles. The standard InChI is InChI=1S/C21H17NO6S/c1-26-14-3-4-15-13(9-20(24)28-17(15)10-14)11-27-21(25)12-2-5-18-16(8-12)22-19(23)6-7-29-18/h2-5,8-10H,6-7,11H2,1H3,(H,22,23). The lowest BCUT2D eigenvalue weighted by Crippen LogP contribution is -2.12. The number of benzene rings is 2. The Bertz CT molecular complexity index is 1170. The number of carbonyl (C=O) groups is 2. The number of ether oxygens (including phenoxy) is 2. The number of anilines is 1. The predicted octanol–water partition coefficient (Wildman–Crippen LogP) is 3.59. The van der Waals surface area contributed by atoms with E-state index in [4.69, 9.17) is 13.9 Å². The molecule has 0 spiro atoms. The Hall–Kier alpha value is -3.26. The molecule has 2 heterocycles. The molecular formula is C21H17NO6S. The summed E-state index contributed by atoms with van der Waals surface area (Å²) in [6.45, 7) is -0.0918. The van der Waals surface area contributed by atoms with Crippen LogP contribution >= 0.6 is 11.8 Å². The Kier molecular flexibility index (Phi) is 5.26. The van der Waals surface area contributed by atoms with Gasteiger partial charge in [-0.05, 0) is 30.3 Å². The van der Waals surface area contributed by atoms with Crippen molar-refractivity contribution >= 4 is 40.3 Å². The number of esters is 1. The molecule has 7 nitrogen and oxygen atoms in total. The van der Waals surface area contributed by atoms with Crippen LogP contribution in [0.15, 0.2) is 56.6 Å². The van der Waals surface area contributed by atoms with Crippen LogP contribution in [0.3, 0.4) is 0 Å². The highest BCUT2D eigenvalue weighted by Gasteiger charge is 2.17. The molecule has 0 atom stereocenters. The second-order valence-electron chi connectivity index (χ2n) is 6.39. The SMILES string of the molecule is COc1ccc2c(COC(=O)c3ccc4c(c3)NC(=O)CCS4)cc(=O)oc2c1. The summed E-state index contributed by atoms with van der Waals surface area (Å²) >= 11 is 1.56. The number of fused-ring (bicyclic) bond motifs is 2. The Labute approximate surface area is 170 Å². The van der Waals surface area contributed by atoms with Crippen LogP contribution in [0.5, 0.6) is 5.75 Å². The smallest absolute Gasteiger partial charge is 0.338 e. The number of rotatable bonds is 4. The predicted molar refractivity (Wildman–Crippen MR) is 109 cm³/mol. The van der Waals surface area contributed by atoms with E-state index >= 15 is 0 Å². The molecular weight excluding hydrogens is 394 g/mol. The summed E-state index contributed by atoms with van der Waals surface area (Å²) in [5.74, 6) is 0.613. The highest BCUT2D eigenvalue weighted by atomic mass is 32.2. The summed E-state index contributed by atoms with van der Waals surface area (Å²) in [5, 5.41) is 3.46. The highest BCUT2D eigenvalue weighted by Crippen LogP contribution is 2.32. The first-order valence-corrected chi connectivity index (χ1v) is 9.86. The Morgan fingerprint density at radius 1 is 1.17 bits per heavy atom. The normalized spacial score (nSPS) is 13.3. The van der Waals surface area contributed by atoms with E-state index in [9.17, 15) is 14.4 Å². The monoisotopic (exact) mass is 411 g/mol. The maximum atomic E-state index is 12.5. The molecule has 0 radical (unpaired) electrons. The van der Waals surface area contributed by atoms with Crippen molar-refractivity contribution in [3.63, 3.8) is 0 Å². The van der Waals surface area contributed by atoms with Gasteiger partial charge in [-0.15, -0.1) is 11.8 Å². The number of nitrogens with one attached hydrogen (secondary N) is 1. The number of methoxy groups -OCH3 is 1. The molecule has 1 amide bonds. The van der Waals surface area contributed by atoms with Crippen molar-refractivity contribution in [3.8, 4) is 5.75 Å². The fourth-order valence-electron chi connectivity index (χ4n) is 3.03. The topological polar surface area (TPSA) is 94.8 Å². The van der Waals surface area contributed by atoms with Gasteiger partial charge in [0.15, 0.2) is 0 Å². The maximum Gasteiger partial charge on any atom is 0.338 e. The van der Waals surface area contributed by atoms with Crippen molar-refractivity contribution in [3.05, 3.63) is 64.0 Å². The van der Waals surface area contributed by atoms with Crippen molar-refractivity contribution < 1.29 is 23.5 Å². The Balaban J connectivity index is 1.56. The molecule has 3 aromatic rings. The third kappa shape index (κ3) is 4.12. The number of carbonyl (C=O) groups excluding carboxylic acids is 2. The molecule has 0 aliphatic carbocycles. The highest BCUT2D eigenvalue weighted by molar-refractivity contribution is 7.99. The van der Waals surface area contributed by atoms with Gasteiger partial charge in [0.2, 0.25) is 5.91 Å². The fraction of sp³-hybridized carbons (Fsp3) is 0.190. The zero-order valence-electron chi connectivity index (χ0n) is 15.5. The second-order valence-corrected chi connectivity index (χ2v) is 7.52. The number of thioether (sulfide) groups is 1. The maximum absolute atomic E-state index is 12.5. The van der Waals surface area contributed by atoms with Gasteiger partial charge in [-0.2, -0.15) is 0 Å². The summed E-state index contributed by atoms with van der Waals surface area (Å²) in [5.41, 5.74) is 1.27. The van der Waals surface area contributed by atoms with E-state index in [-0.39, 0.29) is 12.5 Å². The summed E-state index contributed by atoms with van der Waals surface area (Å²) in [6, 6.07) is 11.5. The first-order valence-electron chi connectivity index (χ1n) is 8.88. The van der Waals surface area contributed by atoms with Gasteiger partial charge in [0, 0.05) is 40.2 Å². The van der Waals surface area contributed by atoms with Gasteiger partial charge in [0.05, 0.1) is 18.4 Å².